The van der Waals surface area contributed by atoms with Crippen LogP contribution in [0, 0.1) is 0 Å². The van der Waals surface area contributed by atoms with Crippen molar-refractivity contribution in [2.45, 2.75) is 20.3 Å². The van der Waals surface area contributed by atoms with E-state index in [1.54, 1.807) is 18.2 Å². The molecule has 0 radical (unpaired) electrons. The lowest BCUT2D eigenvalue weighted by molar-refractivity contribution is 0.201. The Balaban J connectivity index is 2.51. The Morgan fingerprint density at radius 3 is 2.81 bits per heavy atom. The number of benzene rings is 1. The van der Waals surface area contributed by atoms with Crippen LogP contribution in [0.15, 0.2) is 39.1 Å². The number of rotatable bonds is 5. The van der Waals surface area contributed by atoms with Gasteiger partial charge < -0.3 is 19.4 Å². The maximum absolute atomic E-state index is 11.9. The molecule has 21 heavy (non-hydrogen) atoms. The first-order valence-electron chi connectivity index (χ1n) is 6.68. The van der Waals surface area contributed by atoms with Crippen molar-refractivity contribution in [1.29, 1.82) is 0 Å². The van der Waals surface area contributed by atoms with E-state index in [9.17, 15) is 9.90 Å². The van der Waals surface area contributed by atoms with Gasteiger partial charge in [0, 0.05) is 6.42 Å². The van der Waals surface area contributed by atoms with Crippen molar-refractivity contribution in [2.24, 2.45) is 0 Å². The zero-order valence-electron chi connectivity index (χ0n) is 12.0. The van der Waals surface area contributed by atoms with E-state index in [0.717, 1.165) is 5.57 Å². The fourth-order valence-corrected chi connectivity index (χ4v) is 1.94. The molecule has 0 amide bonds. The average Bonchev–Trinajstić information content (AvgIpc) is 2.45. The molecule has 2 rings (SSSR count). The fraction of sp³-hybridized carbons (Fsp3) is 0.312. The van der Waals surface area contributed by atoms with Gasteiger partial charge in [-0.1, -0.05) is 11.6 Å². The molecule has 0 atom stereocenters. The molecule has 0 aliphatic rings. The second-order valence-corrected chi connectivity index (χ2v) is 4.93. The molecule has 0 unspecified atom stereocenters. The number of fused-ring (bicyclic) bond motifs is 1. The predicted octanol–water partition coefficient (Wildman–Crippen LogP) is 2.38. The van der Waals surface area contributed by atoms with E-state index in [1.165, 1.54) is 0 Å². The maximum Gasteiger partial charge on any atom is 0.343 e. The molecule has 0 saturated heterocycles. The number of hydrogen-bond donors (Lipinski definition) is 2. The summed E-state index contributed by atoms with van der Waals surface area (Å²) in [4.78, 5) is 11.9. The SMILES string of the molecule is CC(C)=CCc1c(O)c2cc(OCCO)ccc2oc1=O. The van der Waals surface area contributed by atoms with Gasteiger partial charge >= 0.3 is 5.63 Å². The lowest BCUT2D eigenvalue weighted by Gasteiger charge is -2.08. The summed E-state index contributed by atoms with van der Waals surface area (Å²) < 4.78 is 10.5. The first kappa shape index (κ1) is 15.1. The molecular weight excluding hydrogens is 272 g/mol. The molecule has 1 aromatic heterocycles. The summed E-state index contributed by atoms with van der Waals surface area (Å²) >= 11 is 0. The standard InChI is InChI=1S/C16H18O5/c1-10(2)3-5-12-15(18)13-9-11(20-8-7-17)4-6-14(13)21-16(12)19/h3-4,6,9,17-18H,5,7-8H2,1-2H3. The Bertz CT molecular complexity index is 723. The maximum atomic E-state index is 11.9. The summed E-state index contributed by atoms with van der Waals surface area (Å²) in [6.45, 7) is 3.90. The molecule has 112 valence electrons. The van der Waals surface area contributed by atoms with Crippen LogP contribution >= 0.6 is 0 Å². The van der Waals surface area contributed by atoms with Crippen LogP contribution < -0.4 is 10.4 Å². The van der Waals surface area contributed by atoms with Gasteiger partial charge in [-0.25, -0.2) is 4.79 Å². The third kappa shape index (κ3) is 3.44. The van der Waals surface area contributed by atoms with Crippen molar-refractivity contribution in [3.63, 3.8) is 0 Å². The lowest BCUT2D eigenvalue weighted by Crippen LogP contribution is -2.07. The predicted molar refractivity (Wildman–Crippen MR) is 79.9 cm³/mol. The molecule has 1 aromatic carbocycles. The molecule has 1 heterocycles. The van der Waals surface area contributed by atoms with E-state index in [-0.39, 0.29) is 24.5 Å². The highest BCUT2D eigenvalue weighted by atomic mass is 16.5. The van der Waals surface area contributed by atoms with E-state index in [4.69, 9.17) is 14.3 Å². The number of hydrogen-bond acceptors (Lipinski definition) is 5. The molecule has 0 saturated carbocycles. The van der Waals surface area contributed by atoms with Crippen molar-refractivity contribution in [2.75, 3.05) is 13.2 Å². The van der Waals surface area contributed by atoms with Crippen LogP contribution in [0.3, 0.4) is 0 Å². The Morgan fingerprint density at radius 1 is 1.38 bits per heavy atom. The van der Waals surface area contributed by atoms with Gasteiger partial charge in [0.1, 0.15) is 23.7 Å². The van der Waals surface area contributed by atoms with Crippen molar-refractivity contribution in [3.05, 3.63) is 45.8 Å². The largest absolute Gasteiger partial charge is 0.507 e. The van der Waals surface area contributed by atoms with Crippen LogP contribution in [-0.2, 0) is 6.42 Å². The van der Waals surface area contributed by atoms with Gasteiger partial charge in [0.25, 0.3) is 0 Å². The number of aliphatic hydroxyl groups excluding tert-OH is 1. The number of aromatic hydroxyl groups is 1. The molecule has 0 spiro atoms. The average molecular weight is 290 g/mol. The smallest absolute Gasteiger partial charge is 0.343 e. The molecule has 0 bridgehead atoms. The summed E-state index contributed by atoms with van der Waals surface area (Å²) in [7, 11) is 0. The Morgan fingerprint density at radius 2 is 2.14 bits per heavy atom. The summed E-state index contributed by atoms with van der Waals surface area (Å²) in [5.41, 5.74) is 1.04. The topological polar surface area (TPSA) is 79.9 Å². The van der Waals surface area contributed by atoms with E-state index >= 15 is 0 Å². The molecular formula is C16H18O5. The van der Waals surface area contributed by atoms with Crippen LogP contribution in [0.25, 0.3) is 11.0 Å². The quantitative estimate of drug-likeness (QED) is 0.653. The molecule has 2 N–H and O–H groups in total. The molecule has 0 aliphatic heterocycles. The fourth-order valence-electron chi connectivity index (χ4n) is 1.94. The van der Waals surface area contributed by atoms with Crippen molar-refractivity contribution >= 4 is 11.0 Å². The monoisotopic (exact) mass is 290 g/mol. The van der Waals surface area contributed by atoms with E-state index in [2.05, 4.69) is 0 Å². The zero-order chi connectivity index (χ0) is 15.4. The zero-order valence-corrected chi connectivity index (χ0v) is 12.0. The molecule has 5 heteroatoms. The van der Waals surface area contributed by atoms with Crippen molar-refractivity contribution in [3.8, 4) is 11.5 Å². The molecule has 0 aliphatic carbocycles. The van der Waals surface area contributed by atoms with E-state index in [1.807, 2.05) is 19.9 Å². The van der Waals surface area contributed by atoms with Crippen LogP contribution in [0.5, 0.6) is 11.5 Å². The van der Waals surface area contributed by atoms with Crippen LogP contribution in [0.2, 0.25) is 0 Å². The van der Waals surface area contributed by atoms with Crippen LogP contribution in [-0.4, -0.2) is 23.4 Å². The van der Waals surface area contributed by atoms with Gasteiger partial charge in [0.05, 0.1) is 17.6 Å². The highest BCUT2D eigenvalue weighted by Gasteiger charge is 2.13. The summed E-state index contributed by atoms with van der Waals surface area (Å²) in [6, 6.07) is 4.78. The van der Waals surface area contributed by atoms with E-state index < -0.39 is 5.63 Å². The third-order valence-corrected chi connectivity index (χ3v) is 3.02. The Labute approximate surface area is 122 Å². The number of aliphatic hydroxyl groups is 1. The number of allylic oxidation sites excluding steroid dienone is 2. The van der Waals surface area contributed by atoms with Gasteiger partial charge in [-0.3, -0.25) is 0 Å². The lowest BCUT2D eigenvalue weighted by atomic mass is 10.1. The second kappa shape index (κ2) is 6.45. The Kier molecular flexibility index (Phi) is 4.65. The molecule has 0 fully saturated rings. The highest BCUT2D eigenvalue weighted by molar-refractivity contribution is 5.85. The minimum Gasteiger partial charge on any atom is -0.507 e. The minimum atomic E-state index is -0.540. The minimum absolute atomic E-state index is 0.0896. The van der Waals surface area contributed by atoms with Crippen LogP contribution in [0.4, 0.5) is 0 Å². The van der Waals surface area contributed by atoms with Crippen LogP contribution in [0.1, 0.15) is 19.4 Å². The first-order chi connectivity index (χ1) is 10.0. The van der Waals surface area contributed by atoms with E-state index in [0.29, 0.717) is 23.1 Å². The van der Waals surface area contributed by atoms with Gasteiger partial charge in [-0.15, -0.1) is 0 Å². The van der Waals surface area contributed by atoms with Crippen molar-refractivity contribution in [1.82, 2.24) is 0 Å². The van der Waals surface area contributed by atoms with Gasteiger partial charge in [0.2, 0.25) is 0 Å². The van der Waals surface area contributed by atoms with Crippen molar-refractivity contribution < 1.29 is 19.4 Å². The van der Waals surface area contributed by atoms with Gasteiger partial charge in [-0.2, -0.15) is 0 Å². The molecule has 2 aromatic rings. The summed E-state index contributed by atoms with van der Waals surface area (Å²) in [6.07, 6.45) is 2.16. The normalized spacial score (nSPS) is 10.6. The molecule has 5 nitrogen and oxygen atoms in total. The highest BCUT2D eigenvalue weighted by Crippen LogP contribution is 2.30. The summed E-state index contributed by atoms with van der Waals surface area (Å²) in [5, 5.41) is 19.5. The van der Waals surface area contributed by atoms with Gasteiger partial charge in [0.15, 0.2) is 0 Å². The second-order valence-electron chi connectivity index (χ2n) is 4.93. The third-order valence-electron chi connectivity index (χ3n) is 3.02. The first-order valence-corrected chi connectivity index (χ1v) is 6.68. The number of ether oxygens (including phenoxy) is 1. The van der Waals surface area contributed by atoms with Gasteiger partial charge in [-0.05, 0) is 32.0 Å². The Hall–Kier alpha value is -2.27. The summed E-state index contributed by atoms with van der Waals surface area (Å²) in [5.74, 6) is 0.405.